The molecule has 0 fully saturated rings. The van der Waals surface area contributed by atoms with E-state index in [2.05, 4.69) is 15.9 Å². The van der Waals surface area contributed by atoms with Gasteiger partial charge in [-0.15, -0.1) is 0 Å². The summed E-state index contributed by atoms with van der Waals surface area (Å²) in [7, 11) is 0. The van der Waals surface area contributed by atoms with Crippen molar-refractivity contribution in [1.29, 1.82) is 0 Å². The highest BCUT2D eigenvalue weighted by Gasteiger charge is 2.16. The molecule has 0 radical (unpaired) electrons. The Hall–Kier alpha value is -2.73. The van der Waals surface area contributed by atoms with Crippen molar-refractivity contribution < 1.29 is 23.4 Å². The maximum atomic E-state index is 12.3. The van der Waals surface area contributed by atoms with Gasteiger partial charge in [0.1, 0.15) is 31.3 Å². The Kier molecular flexibility index (Phi) is 4.67. The van der Waals surface area contributed by atoms with Gasteiger partial charge in [0.05, 0.1) is 5.56 Å². The molecule has 3 aromatic rings. The average Bonchev–Trinajstić information content (AvgIpc) is 3.15. The van der Waals surface area contributed by atoms with Gasteiger partial charge in [0.25, 0.3) is 0 Å². The van der Waals surface area contributed by atoms with Crippen molar-refractivity contribution in [2.45, 2.75) is 6.61 Å². The Morgan fingerprint density at radius 1 is 0.962 bits per heavy atom. The number of rotatable bonds is 4. The van der Waals surface area contributed by atoms with E-state index in [4.69, 9.17) is 18.6 Å². The summed E-state index contributed by atoms with van der Waals surface area (Å²) in [6.07, 6.45) is 0. The third-order valence-corrected chi connectivity index (χ3v) is 4.44. The number of ether oxygens (including phenoxy) is 3. The van der Waals surface area contributed by atoms with Crippen LogP contribution in [0.15, 0.2) is 63.5 Å². The Morgan fingerprint density at radius 3 is 2.54 bits per heavy atom. The van der Waals surface area contributed by atoms with E-state index >= 15 is 0 Å². The molecule has 0 N–H and O–H groups in total. The summed E-state index contributed by atoms with van der Waals surface area (Å²) in [4.78, 5) is 12.3. The fraction of sp³-hybridized carbons (Fsp3) is 0.150. The Balaban J connectivity index is 1.41. The van der Waals surface area contributed by atoms with Gasteiger partial charge in [0.2, 0.25) is 0 Å². The average molecular weight is 415 g/mol. The normalized spacial score (nSPS) is 12.7. The van der Waals surface area contributed by atoms with E-state index in [0.717, 1.165) is 15.8 Å². The Bertz CT molecular complexity index is 930. The molecule has 5 nitrogen and oxygen atoms in total. The highest BCUT2D eigenvalue weighted by atomic mass is 79.9. The molecule has 1 aliphatic rings. The van der Waals surface area contributed by atoms with E-state index < -0.39 is 5.97 Å². The van der Waals surface area contributed by atoms with E-state index in [9.17, 15) is 4.79 Å². The molecule has 0 saturated heterocycles. The van der Waals surface area contributed by atoms with Gasteiger partial charge in [-0.3, -0.25) is 0 Å². The van der Waals surface area contributed by atoms with Crippen LogP contribution in [0.2, 0.25) is 0 Å². The Morgan fingerprint density at radius 2 is 1.73 bits per heavy atom. The van der Waals surface area contributed by atoms with Gasteiger partial charge in [0, 0.05) is 10.0 Å². The van der Waals surface area contributed by atoms with E-state index in [0.29, 0.717) is 36.0 Å². The van der Waals surface area contributed by atoms with E-state index in [1.165, 1.54) is 0 Å². The minimum atomic E-state index is -0.441. The molecule has 0 aliphatic carbocycles. The van der Waals surface area contributed by atoms with Gasteiger partial charge in [-0.25, -0.2) is 4.79 Å². The second-order valence-corrected chi connectivity index (χ2v) is 6.62. The summed E-state index contributed by atoms with van der Waals surface area (Å²) in [6, 6.07) is 16.5. The number of esters is 1. The zero-order valence-electron chi connectivity index (χ0n) is 13.7. The molecule has 0 bridgehead atoms. The van der Waals surface area contributed by atoms with E-state index in [-0.39, 0.29) is 6.61 Å². The van der Waals surface area contributed by atoms with Crippen LogP contribution >= 0.6 is 15.9 Å². The van der Waals surface area contributed by atoms with Gasteiger partial charge in [0.15, 0.2) is 11.5 Å². The van der Waals surface area contributed by atoms with E-state index in [1.807, 2.05) is 30.3 Å². The molecule has 2 heterocycles. The first-order valence-corrected chi connectivity index (χ1v) is 8.90. The first-order chi connectivity index (χ1) is 12.7. The highest BCUT2D eigenvalue weighted by molar-refractivity contribution is 9.10. The number of halogens is 1. The summed E-state index contributed by atoms with van der Waals surface area (Å²) in [6.45, 7) is 1.04. The van der Waals surface area contributed by atoms with E-state index in [1.54, 1.807) is 24.3 Å². The lowest BCUT2D eigenvalue weighted by atomic mass is 10.2. The zero-order valence-corrected chi connectivity index (χ0v) is 15.3. The number of hydrogen-bond donors (Lipinski definition) is 0. The smallest absolute Gasteiger partial charge is 0.338 e. The molecule has 0 unspecified atom stereocenters. The van der Waals surface area contributed by atoms with Crippen molar-refractivity contribution in [1.82, 2.24) is 0 Å². The van der Waals surface area contributed by atoms with Crippen LogP contribution in [0, 0.1) is 0 Å². The van der Waals surface area contributed by atoms with Gasteiger partial charge in [-0.2, -0.15) is 0 Å². The predicted octanol–water partition coefficient (Wildman–Crippen LogP) is 4.84. The first kappa shape index (κ1) is 16.7. The summed E-state index contributed by atoms with van der Waals surface area (Å²) >= 11 is 3.40. The molecule has 0 atom stereocenters. The van der Waals surface area contributed by atoms with Crippen LogP contribution in [0.25, 0.3) is 11.3 Å². The van der Waals surface area contributed by atoms with Crippen LogP contribution in [-0.2, 0) is 11.3 Å². The summed E-state index contributed by atoms with van der Waals surface area (Å²) in [5.74, 6) is 2.06. The van der Waals surface area contributed by atoms with Crippen LogP contribution in [0.1, 0.15) is 16.1 Å². The summed E-state index contributed by atoms with van der Waals surface area (Å²) in [5.41, 5.74) is 1.37. The molecule has 132 valence electrons. The highest BCUT2D eigenvalue weighted by Crippen LogP contribution is 2.31. The molecule has 2 aromatic carbocycles. The number of furan rings is 1. The number of benzene rings is 2. The first-order valence-electron chi connectivity index (χ1n) is 8.10. The molecule has 6 heteroatoms. The lowest BCUT2D eigenvalue weighted by Crippen LogP contribution is -2.16. The van der Waals surface area contributed by atoms with Crippen LogP contribution in [-0.4, -0.2) is 19.2 Å². The molecule has 1 aliphatic heterocycles. The number of carbonyl (C=O) groups excluding carboxylic acids is 1. The van der Waals surface area contributed by atoms with Crippen molar-refractivity contribution in [2.24, 2.45) is 0 Å². The molecular formula is C20H15BrO5. The van der Waals surface area contributed by atoms with Crippen molar-refractivity contribution in [2.75, 3.05) is 13.2 Å². The maximum absolute atomic E-state index is 12.3. The maximum Gasteiger partial charge on any atom is 0.338 e. The lowest BCUT2D eigenvalue weighted by molar-refractivity contribution is 0.0445. The quantitative estimate of drug-likeness (QED) is 0.571. The van der Waals surface area contributed by atoms with Gasteiger partial charge >= 0.3 is 5.97 Å². The molecule has 4 rings (SSSR count). The van der Waals surface area contributed by atoms with Gasteiger partial charge < -0.3 is 18.6 Å². The zero-order chi connectivity index (χ0) is 17.9. The van der Waals surface area contributed by atoms with Gasteiger partial charge in [-0.05, 0) is 42.5 Å². The molecule has 0 spiro atoms. The van der Waals surface area contributed by atoms with Crippen molar-refractivity contribution in [3.05, 3.63) is 70.4 Å². The molecule has 0 saturated carbocycles. The van der Waals surface area contributed by atoms with Crippen molar-refractivity contribution in [3.63, 3.8) is 0 Å². The molecular weight excluding hydrogens is 400 g/mol. The van der Waals surface area contributed by atoms with Crippen LogP contribution < -0.4 is 9.47 Å². The standard InChI is InChI=1S/C20H15BrO5/c21-15-4-1-13(2-5-15)17-8-6-16(26-17)12-25-20(22)14-3-7-18-19(11-14)24-10-9-23-18/h1-8,11H,9-10,12H2. The minimum absolute atomic E-state index is 0.0593. The number of hydrogen-bond acceptors (Lipinski definition) is 5. The van der Waals surface area contributed by atoms with Crippen molar-refractivity contribution in [3.8, 4) is 22.8 Å². The SMILES string of the molecule is O=C(OCc1ccc(-c2ccc(Br)cc2)o1)c1ccc2c(c1)OCCO2. The topological polar surface area (TPSA) is 57.9 Å². The largest absolute Gasteiger partial charge is 0.486 e. The summed E-state index contributed by atoms with van der Waals surface area (Å²) < 4.78 is 23.0. The number of carbonyl (C=O) groups is 1. The monoisotopic (exact) mass is 414 g/mol. The molecule has 26 heavy (non-hydrogen) atoms. The third kappa shape index (κ3) is 3.60. The second-order valence-electron chi connectivity index (χ2n) is 5.71. The second kappa shape index (κ2) is 7.25. The van der Waals surface area contributed by atoms with Crippen molar-refractivity contribution >= 4 is 21.9 Å². The van der Waals surface area contributed by atoms with Crippen LogP contribution in [0.3, 0.4) is 0 Å². The number of fused-ring (bicyclic) bond motifs is 1. The van der Waals surface area contributed by atoms with Crippen LogP contribution in [0.5, 0.6) is 11.5 Å². The van der Waals surface area contributed by atoms with Crippen LogP contribution in [0.4, 0.5) is 0 Å². The Labute approximate surface area is 158 Å². The minimum Gasteiger partial charge on any atom is -0.486 e. The predicted molar refractivity (Wildman–Crippen MR) is 98.4 cm³/mol. The molecule has 1 aromatic heterocycles. The lowest BCUT2D eigenvalue weighted by Gasteiger charge is -2.18. The third-order valence-electron chi connectivity index (χ3n) is 3.91. The fourth-order valence-corrected chi connectivity index (χ4v) is 2.88. The van der Waals surface area contributed by atoms with Gasteiger partial charge in [-0.1, -0.05) is 28.1 Å². The summed E-state index contributed by atoms with van der Waals surface area (Å²) in [5, 5.41) is 0. The molecule has 0 amide bonds. The fourth-order valence-electron chi connectivity index (χ4n) is 2.62.